The fourth-order valence-corrected chi connectivity index (χ4v) is 3.69. The van der Waals surface area contributed by atoms with E-state index in [1.54, 1.807) is 24.3 Å². The van der Waals surface area contributed by atoms with Crippen LogP contribution < -0.4 is 21.4 Å². The lowest BCUT2D eigenvalue weighted by atomic mass is 10.1. The molecule has 9 heteroatoms. The molecule has 4 N–H and O–H groups in total. The zero-order valence-corrected chi connectivity index (χ0v) is 16.7. The number of aromatic amines is 1. The second-order valence-corrected chi connectivity index (χ2v) is 7.35. The number of aromatic nitrogens is 1. The first-order valence-electron chi connectivity index (χ1n) is 9.68. The number of furan rings is 1. The predicted octanol–water partition coefficient (Wildman–Crippen LogP) is 0.483. The van der Waals surface area contributed by atoms with E-state index in [0.717, 1.165) is 0 Å². The van der Waals surface area contributed by atoms with E-state index in [0.29, 0.717) is 37.9 Å². The van der Waals surface area contributed by atoms with Gasteiger partial charge in [-0.3, -0.25) is 4.79 Å². The van der Waals surface area contributed by atoms with Gasteiger partial charge in [-0.2, -0.15) is 0 Å². The molecule has 33 heavy (non-hydrogen) atoms. The summed E-state index contributed by atoms with van der Waals surface area (Å²) in [4.78, 5) is 41.6. The molecule has 0 saturated heterocycles. The van der Waals surface area contributed by atoms with Gasteiger partial charge in [0.05, 0.1) is 22.1 Å². The van der Waals surface area contributed by atoms with Gasteiger partial charge < -0.3 is 24.7 Å². The SMILES string of the molecule is O=C1N=c2ccc(C(=O)O)cc2=C1/C=c1/cc/c(=C\c2c(O)[nH]c3ccc(C(=O)O)cc23)o1. The Labute approximate surface area is 183 Å². The number of carbonyl (C=O) groups is 3. The van der Waals surface area contributed by atoms with Crippen LogP contribution in [0.2, 0.25) is 0 Å². The van der Waals surface area contributed by atoms with Crippen molar-refractivity contribution in [2.24, 2.45) is 4.99 Å². The molecule has 0 fully saturated rings. The van der Waals surface area contributed by atoms with Crippen molar-refractivity contribution in [2.75, 3.05) is 0 Å². The van der Waals surface area contributed by atoms with E-state index in [2.05, 4.69) is 9.98 Å². The summed E-state index contributed by atoms with van der Waals surface area (Å²) in [6.45, 7) is 0. The molecule has 3 heterocycles. The fourth-order valence-electron chi connectivity index (χ4n) is 3.69. The number of aromatic carboxylic acids is 2. The van der Waals surface area contributed by atoms with Gasteiger partial charge in [-0.25, -0.2) is 14.6 Å². The molecule has 2 aromatic heterocycles. The number of fused-ring (bicyclic) bond motifs is 2. The highest BCUT2D eigenvalue weighted by Gasteiger charge is 2.16. The van der Waals surface area contributed by atoms with Gasteiger partial charge in [0.1, 0.15) is 10.8 Å². The normalized spacial score (nSPS) is 14.1. The summed E-state index contributed by atoms with van der Waals surface area (Å²) in [6.07, 6.45) is 3.01. The van der Waals surface area contributed by atoms with E-state index in [9.17, 15) is 29.7 Å². The molecular weight excluding hydrogens is 428 g/mol. The van der Waals surface area contributed by atoms with Crippen molar-refractivity contribution in [2.45, 2.75) is 0 Å². The Balaban J connectivity index is 1.63. The smallest absolute Gasteiger partial charge is 0.335 e. The number of amides is 1. The van der Waals surface area contributed by atoms with Crippen LogP contribution in [0.15, 0.2) is 57.9 Å². The summed E-state index contributed by atoms with van der Waals surface area (Å²) in [5.74, 6) is -2.86. The third-order valence-corrected chi connectivity index (χ3v) is 5.27. The van der Waals surface area contributed by atoms with Gasteiger partial charge in [-0.15, -0.1) is 0 Å². The molecule has 4 aromatic rings. The summed E-state index contributed by atoms with van der Waals surface area (Å²) < 4.78 is 5.76. The number of benzene rings is 2. The maximum Gasteiger partial charge on any atom is 0.335 e. The average molecular weight is 442 g/mol. The third-order valence-electron chi connectivity index (χ3n) is 5.27. The molecule has 0 radical (unpaired) electrons. The van der Waals surface area contributed by atoms with Crippen LogP contribution in [0.5, 0.6) is 5.88 Å². The third kappa shape index (κ3) is 3.47. The van der Waals surface area contributed by atoms with Gasteiger partial charge in [-0.1, -0.05) is 0 Å². The summed E-state index contributed by atoms with van der Waals surface area (Å²) >= 11 is 0. The van der Waals surface area contributed by atoms with Crippen LogP contribution in [0, 0.1) is 0 Å². The second-order valence-electron chi connectivity index (χ2n) is 7.35. The summed E-state index contributed by atoms with van der Waals surface area (Å²) in [5.41, 5.74) is 1.89. The van der Waals surface area contributed by atoms with E-state index < -0.39 is 17.8 Å². The van der Waals surface area contributed by atoms with Crippen molar-refractivity contribution in [1.29, 1.82) is 0 Å². The van der Waals surface area contributed by atoms with Crippen LogP contribution in [0.1, 0.15) is 26.3 Å². The number of carboxylic acid groups (broad SMARTS) is 2. The van der Waals surface area contributed by atoms with Crippen molar-refractivity contribution in [3.63, 3.8) is 0 Å². The highest BCUT2D eigenvalue weighted by molar-refractivity contribution is 6.25. The number of nitrogens with one attached hydrogen (secondary N) is 1. The highest BCUT2D eigenvalue weighted by atomic mass is 16.4. The number of aromatic hydroxyl groups is 1. The van der Waals surface area contributed by atoms with Gasteiger partial charge in [-0.05, 0) is 60.7 Å². The number of rotatable bonds is 4. The van der Waals surface area contributed by atoms with Crippen LogP contribution in [0.4, 0.5) is 0 Å². The molecule has 0 bridgehead atoms. The molecule has 0 spiro atoms. The van der Waals surface area contributed by atoms with E-state index in [1.165, 1.54) is 36.4 Å². The second kappa shape index (κ2) is 7.34. The Hall–Kier alpha value is -4.92. The Morgan fingerprint density at radius 2 is 1.58 bits per heavy atom. The van der Waals surface area contributed by atoms with Crippen LogP contribution in [0.3, 0.4) is 0 Å². The first-order valence-corrected chi connectivity index (χ1v) is 9.68. The maximum absolute atomic E-state index is 12.3. The topological polar surface area (TPSA) is 153 Å². The average Bonchev–Trinajstić information content (AvgIpc) is 3.44. The summed E-state index contributed by atoms with van der Waals surface area (Å²) in [5, 5.41) is 30.0. The monoisotopic (exact) mass is 442 g/mol. The molecule has 0 unspecified atom stereocenters. The minimum atomic E-state index is -1.11. The molecule has 1 aliphatic heterocycles. The molecule has 5 rings (SSSR count). The van der Waals surface area contributed by atoms with Gasteiger partial charge >= 0.3 is 11.9 Å². The van der Waals surface area contributed by atoms with Crippen molar-refractivity contribution >= 4 is 46.5 Å². The summed E-state index contributed by atoms with van der Waals surface area (Å²) in [6, 6.07) is 11.9. The molecule has 9 nitrogen and oxygen atoms in total. The molecule has 0 saturated carbocycles. The lowest BCUT2D eigenvalue weighted by Crippen LogP contribution is -2.24. The highest BCUT2D eigenvalue weighted by Crippen LogP contribution is 2.28. The number of carboxylic acids is 2. The fraction of sp³-hybridized carbons (Fsp3) is 0. The first kappa shape index (κ1) is 20.0. The van der Waals surface area contributed by atoms with Crippen LogP contribution >= 0.6 is 0 Å². The Morgan fingerprint density at radius 1 is 0.909 bits per heavy atom. The molecule has 162 valence electrons. The van der Waals surface area contributed by atoms with E-state index in [-0.39, 0.29) is 22.6 Å². The molecule has 0 aliphatic carbocycles. The molecular formula is C24H14N2O7. The number of hydrogen-bond donors (Lipinski definition) is 4. The quantitative estimate of drug-likeness (QED) is 0.359. The molecule has 0 atom stereocenters. The predicted molar refractivity (Wildman–Crippen MR) is 116 cm³/mol. The van der Waals surface area contributed by atoms with Gasteiger partial charge in [0.25, 0.3) is 5.91 Å². The van der Waals surface area contributed by atoms with Crippen molar-refractivity contribution in [3.8, 4) is 5.88 Å². The summed E-state index contributed by atoms with van der Waals surface area (Å²) in [7, 11) is 0. The van der Waals surface area contributed by atoms with Crippen LogP contribution in [0.25, 0.3) is 28.6 Å². The van der Waals surface area contributed by atoms with Crippen LogP contribution in [-0.4, -0.2) is 38.1 Å². The number of carbonyl (C=O) groups excluding carboxylic acids is 1. The number of nitrogens with zero attached hydrogens (tertiary/aromatic N) is 1. The minimum absolute atomic E-state index is 0.0357. The Bertz CT molecular complexity index is 1760. The maximum atomic E-state index is 12.3. The largest absolute Gasteiger partial charge is 0.494 e. The molecule has 1 aliphatic rings. The Morgan fingerprint density at radius 3 is 2.30 bits per heavy atom. The Kier molecular flexibility index (Phi) is 4.45. The van der Waals surface area contributed by atoms with Crippen LogP contribution in [-0.2, 0) is 4.79 Å². The number of H-pyrrole nitrogens is 1. The zero-order valence-electron chi connectivity index (χ0n) is 16.7. The van der Waals surface area contributed by atoms with Gasteiger partial charge in [0.15, 0.2) is 5.88 Å². The van der Waals surface area contributed by atoms with Crippen molar-refractivity contribution < 1.29 is 34.1 Å². The van der Waals surface area contributed by atoms with E-state index in [1.807, 2.05) is 0 Å². The minimum Gasteiger partial charge on any atom is -0.494 e. The lowest BCUT2D eigenvalue weighted by Gasteiger charge is -1.95. The zero-order chi connectivity index (χ0) is 23.3. The standard InChI is InChI=1S/C24H14N2O7/c27-21-17(15-7-11(23(29)30)1-5-19(15)25-21)9-13-3-4-14(33-13)10-18-16-8-12(24(31)32)2-6-20(16)26-22(18)28/h1-10,25,27H,(H,29,30)(H,31,32)/b13-9+,14-10-. The van der Waals surface area contributed by atoms with Gasteiger partial charge in [0.2, 0.25) is 0 Å². The van der Waals surface area contributed by atoms with E-state index >= 15 is 0 Å². The van der Waals surface area contributed by atoms with Crippen molar-refractivity contribution in [1.82, 2.24) is 4.98 Å². The van der Waals surface area contributed by atoms with Crippen molar-refractivity contribution in [3.05, 3.63) is 86.6 Å². The number of hydrogen-bond acceptors (Lipinski definition) is 5. The van der Waals surface area contributed by atoms with Gasteiger partial charge in [0, 0.05) is 21.7 Å². The van der Waals surface area contributed by atoms with E-state index in [4.69, 9.17) is 4.42 Å². The molecule has 2 aromatic carbocycles. The first-order chi connectivity index (χ1) is 15.8. The molecule has 1 amide bonds. The lowest BCUT2D eigenvalue weighted by molar-refractivity contribution is -0.112.